The van der Waals surface area contributed by atoms with Crippen LogP contribution in [0.2, 0.25) is 0 Å². The molecule has 0 aromatic carbocycles. The van der Waals surface area contributed by atoms with Gasteiger partial charge in [0.1, 0.15) is 6.04 Å². The van der Waals surface area contributed by atoms with Gasteiger partial charge in [-0.05, 0) is 19.3 Å². The lowest BCUT2D eigenvalue weighted by Crippen LogP contribution is -2.45. The molecule has 0 spiro atoms. The van der Waals surface area contributed by atoms with E-state index in [1.165, 1.54) is 0 Å². The summed E-state index contributed by atoms with van der Waals surface area (Å²) < 4.78 is 22.1. The molecule has 2 atom stereocenters. The molecule has 0 aliphatic carbocycles. The zero-order valence-electron chi connectivity index (χ0n) is 6.43. The van der Waals surface area contributed by atoms with Crippen LogP contribution in [0.3, 0.4) is 0 Å². The number of carboxylic acid groups (broad SMARTS) is 1. The maximum atomic E-state index is 10.6. The Morgan fingerprint density at radius 3 is 2.67 bits per heavy atom. The molecular weight excluding hydrogens is 182 g/mol. The molecule has 0 amide bonds. The molecule has 0 aromatic rings. The Hall–Kier alpha value is -0.460. The fourth-order valence-corrected chi connectivity index (χ4v) is 2.01. The van der Waals surface area contributed by atoms with Crippen molar-refractivity contribution in [2.45, 2.75) is 25.3 Å². The molecule has 6 heteroatoms. The average Bonchev–Trinajstić information content (AvgIpc) is 2.04. The average molecular weight is 192 g/mol. The highest BCUT2D eigenvalue weighted by Crippen LogP contribution is 2.17. The number of hydrogen-bond donors (Lipinski definition) is 1. The first-order chi connectivity index (χ1) is 5.63. The molecule has 2 unspecified atom stereocenters. The summed E-state index contributed by atoms with van der Waals surface area (Å²) in [4.78, 5) is 10.6. The molecule has 1 rings (SSSR count). The third kappa shape index (κ3) is 2.02. The summed E-state index contributed by atoms with van der Waals surface area (Å²) in [6.07, 6.45) is 1.95. The van der Waals surface area contributed by atoms with Crippen molar-refractivity contribution in [3.63, 3.8) is 0 Å². The number of carbonyl (C=O) groups is 1. The minimum Gasteiger partial charge on any atom is -0.760 e. The van der Waals surface area contributed by atoms with Crippen LogP contribution in [0, 0.1) is 0 Å². The van der Waals surface area contributed by atoms with Gasteiger partial charge in [0, 0.05) is 17.8 Å². The van der Waals surface area contributed by atoms with Gasteiger partial charge >= 0.3 is 5.97 Å². The second kappa shape index (κ2) is 3.97. The molecule has 1 fully saturated rings. The molecule has 70 valence electrons. The Kier molecular flexibility index (Phi) is 3.19. The van der Waals surface area contributed by atoms with Crippen LogP contribution in [-0.4, -0.2) is 36.7 Å². The fraction of sp³-hybridized carbons (Fsp3) is 0.833. The van der Waals surface area contributed by atoms with Gasteiger partial charge in [-0.25, -0.2) is 4.31 Å². The monoisotopic (exact) mass is 192 g/mol. The first-order valence-corrected chi connectivity index (χ1v) is 4.75. The normalized spacial score (nSPS) is 28.2. The van der Waals surface area contributed by atoms with Crippen molar-refractivity contribution in [1.82, 2.24) is 4.31 Å². The molecule has 1 aliphatic heterocycles. The predicted molar refractivity (Wildman–Crippen MR) is 40.9 cm³/mol. The second-order valence-electron chi connectivity index (χ2n) is 2.71. The van der Waals surface area contributed by atoms with Crippen molar-refractivity contribution >= 4 is 17.2 Å². The predicted octanol–water partition coefficient (Wildman–Crippen LogP) is -0.280. The highest BCUT2D eigenvalue weighted by atomic mass is 32.2. The highest BCUT2D eigenvalue weighted by molar-refractivity contribution is 7.76. The number of nitrogens with zero attached hydrogens (tertiary/aromatic N) is 1. The van der Waals surface area contributed by atoms with Crippen LogP contribution in [0.4, 0.5) is 0 Å². The smallest absolute Gasteiger partial charge is 0.321 e. The van der Waals surface area contributed by atoms with Gasteiger partial charge in [-0.1, -0.05) is 0 Å². The lowest BCUT2D eigenvalue weighted by atomic mass is 10.1. The van der Waals surface area contributed by atoms with E-state index in [0.717, 1.165) is 17.1 Å². The van der Waals surface area contributed by atoms with Crippen LogP contribution in [-0.2, 0) is 16.1 Å². The number of piperidine rings is 1. The first kappa shape index (κ1) is 9.63. The van der Waals surface area contributed by atoms with Gasteiger partial charge in [0.15, 0.2) is 0 Å². The summed E-state index contributed by atoms with van der Waals surface area (Å²) >= 11 is -2.40. The lowest BCUT2D eigenvalue weighted by molar-refractivity contribution is -0.142. The number of rotatable bonds is 2. The van der Waals surface area contributed by atoms with Crippen molar-refractivity contribution in [3.05, 3.63) is 0 Å². The van der Waals surface area contributed by atoms with Crippen molar-refractivity contribution in [2.24, 2.45) is 0 Å². The van der Waals surface area contributed by atoms with Crippen LogP contribution >= 0.6 is 0 Å². The fourth-order valence-electron chi connectivity index (χ4n) is 1.33. The van der Waals surface area contributed by atoms with E-state index in [1.54, 1.807) is 0 Å². The van der Waals surface area contributed by atoms with Gasteiger partial charge in [0.05, 0.1) is 0 Å². The van der Waals surface area contributed by atoms with E-state index in [0.29, 0.717) is 13.0 Å². The summed E-state index contributed by atoms with van der Waals surface area (Å²) in [5.74, 6) is -1.06. The quantitative estimate of drug-likeness (QED) is 0.610. The van der Waals surface area contributed by atoms with Gasteiger partial charge in [0.25, 0.3) is 0 Å². The summed E-state index contributed by atoms with van der Waals surface area (Å²) in [7, 11) is 0. The summed E-state index contributed by atoms with van der Waals surface area (Å²) in [6, 6.07) is -0.850. The van der Waals surface area contributed by atoms with Gasteiger partial charge in [-0.3, -0.25) is 9.00 Å². The Labute approximate surface area is 72.8 Å². The number of aliphatic carboxylic acids is 1. The zero-order valence-corrected chi connectivity index (χ0v) is 7.25. The summed E-state index contributed by atoms with van der Waals surface area (Å²) in [6.45, 7) is 0.326. The van der Waals surface area contributed by atoms with Crippen molar-refractivity contribution in [3.8, 4) is 0 Å². The van der Waals surface area contributed by atoms with Gasteiger partial charge in [0.2, 0.25) is 0 Å². The minimum atomic E-state index is -2.40. The van der Waals surface area contributed by atoms with E-state index < -0.39 is 23.3 Å². The Morgan fingerprint density at radius 1 is 1.58 bits per heavy atom. The van der Waals surface area contributed by atoms with Gasteiger partial charge in [-0.15, -0.1) is 0 Å². The van der Waals surface area contributed by atoms with Crippen LogP contribution in [0.5, 0.6) is 0 Å². The second-order valence-corrected chi connectivity index (χ2v) is 3.61. The van der Waals surface area contributed by atoms with E-state index in [9.17, 15) is 13.6 Å². The SMILES string of the molecule is O=C(O)C1CCCCN1S(=O)[O-]. The van der Waals surface area contributed by atoms with E-state index in [4.69, 9.17) is 5.11 Å². The molecule has 5 nitrogen and oxygen atoms in total. The molecule has 1 heterocycles. The molecular formula is C6H10NO4S-. The summed E-state index contributed by atoms with van der Waals surface area (Å²) in [5, 5.41) is 8.64. The van der Waals surface area contributed by atoms with Crippen LogP contribution in [0.25, 0.3) is 0 Å². The highest BCUT2D eigenvalue weighted by Gasteiger charge is 2.28. The van der Waals surface area contributed by atoms with E-state index in [2.05, 4.69) is 0 Å². The van der Waals surface area contributed by atoms with E-state index in [-0.39, 0.29) is 0 Å². The largest absolute Gasteiger partial charge is 0.760 e. The third-order valence-corrected chi connectivity index (χ3v) is 2.75. The topological polar surface area (TPSA) is 80.7 Å². The molecule has 1 aliphatic rings. The lowest BCUT2D eigenvalue weighted by Gasteiger charge is -2.33. The third-order valence-electron chi connectivity index (χ3n) is 1.93. The molecule has 1 N–H and O–H groups in total. The Bertz CT molecular complexity index is 186. The van der Waals surface area contributed by atoms with Crippen molar-refractivity contribution in [1.29, 1.82) is 0 Å². The van der Waals surface area contributed by atoms with Crippen LogP contribution in [0.15, 0.2) is 0 Å². The zero-order chi connectivity index (χ0) is 9.14. The Balaban J connectivity index is 2.67. The Morgan fingerprint density at radius 2 is 2.25 bits per heavy atom. The molecule has 0 aromatic heterocycles. The maximum Gasteiger partial charge on any atom is 0.321 e. The van der Waals surface area contributed by atoms with Crippen molar-refractivity contribution < 1.29 is 18.7 Å². The molecule has 0 bridgehead atoms. The van der Waals surface area contributed by atoms with Crippen LogP contribution in [0.1, 0.15) is 19.3 Å². The molecule has 0 radical (unpaired) electrons. The van der Waals surface area contributed by atoms with Gasteiger partial charge < -0.3 is 9.66 Å². The molecule has 0 saturated carbocycles. The molecule has 12 heavy (non-hydrogen) atoms. The molecule has 1 saturated heterocycles. The van der Waals surface area contributed by atoms with Crippen molar-refractivity contribution in [2.75, 3.05) is 6.54 Å². The van der Waals surface area contributed by atoms with Gasteiger partial charge in [-0.2, -0.15) is 0 Å². The number of hydrogen-bond acceptors (Lipinski definition) is 3. The number of carboxylic acids is 1. The first-order valence-electron chi connectivity index (χ1n) is 3.71. The van der Waals surface area contributed by atoms with E-state index >= 15 is 0 Å². The summed E-state index contributed by atoms with van der Waals surface area (Å²) in [5.41, 5.74) is 0. The maximum absolute atomic E-state index is 10.6. The minimum absolute atomic E-state index is 0.326. The standard InChI is InChI=1S/C6H11NO4S/c8-6(9)5-3-1-2-4-7(5)12(10)11/h5H,1-4H2,(H,8,9)(H,10,11)/p-1. The van der Waals surface area contributed by atoms with Crippen LogP contribution < -0.4 is 0 Å². The van der Waals surface area contributed by atoms with E-state index in [1.807, 2.05) is 0 Å².